The van der Waals surface area contributed by atoms with Crippen molar-refractivity contribution in [3.63, 3.8) is 0 Å². The number of sulfonamides is 1. The highest BCUT2D eigenvalue weighted by molar-refractivity contribution is 7.88. The molecule has 146 valence electrons. The lowest BCUT2D eigenvalue weighted by Gasteiger charge is -2.38. The molecule has 4 rings (SSSR count). The Kier molecular flexibility index (Phi) is 5.04. The summed E-state index contributed by atoms with van der Waals surface area (Å²) in [5, 5.41) is 7.88. The Morgan fingerprint density at radius 3 is 2.70 bits per heavy atom. The van der Waals surface area contributed by atoms with Crippen LogP contribution in [0.25, 0.3) is 0 Å². The van der Waals surface area contributed by atoms with E-state index in [0.29, 0.717) is 63.1 Å². The third-order valence-electron chi connectivity index (χ3n) is 5.25. The van der Waals surface area contributed by atoms with Crippen molar-refractivity contribution in [2.24, 2.45) is 5.92 Å². The van der Waals surface area contributed by atoms with Gasteiger partial charge in [-0.05, 0) is 24.3 Å². The van der Waals surface area contributed by atoms with Crippen LogP contribution in [-0.4, -0.2) is 66.1 Å². The van der Waals surface area contributed by atoms with Gasteiger partial charge in [0, 0.05) is 49.8 Å². The van der Waals surface area contributed by atoms with E-state index >= 15 is 0 Å². The molecule has 2 aromatic rings. The van der Waals surface area contributed by atoms with Gasteiger partial charge in [0.1, 0.15) is 0 Å². The van der Waals surface area contributed by atoms with Crippen molar-refractivity contribution in [1.29, 1.82) is 0 Å². The molecule has 2 saturated heterocycles. The van der Waals surface area contributed by atoms with E-state index in [1.807, 2.05) is 21.7 Å². The summed E-state index contributed by atoms with van der Waals surface area (Å²) in [6.07, 6.45) is 3.32. The number of aromatic nitrogens is 2. The van der Waals surface area contributed by atoms with Crippen LogP contribution >= 0.6 is 11.3 Å². The summed E-state index contributed by atoms with van der Waals surface area (Å²) in [7, 11) is -3.13. The normalized spacial score (nSPS) is 20.0. The Morgan fingerprint density at radius 1 is 1.33 bits per heavy atom. The molecule has 1 amide bonds. The van der Waals surface area contributed by atoms with Gasteiger partial charge in [0.05, 0.1) is 11.8 Å². The van der Waals surface area contributed by atoms with Gasteiger partial charge in [0.25, 0.3) is 5.91 Å². The number of carbonyl (C=O) groups is 1. The summed E-state index contributed by atoms with van der Waals surface area (Å²) in [4.78, 5) is 18.6. The second kappa shape index (κ2) is 7.33. The van der Waals surface area contributed by atoms with Crippen LogP contribution in [0.15, 0.2) is 21.3 Å². The lowest BCUT2D eigenvalue weighted by molar-refractivity contribution is 0.0487. The fraction of sp³-hybridized carbons (Fsp3) is 0.588. The van der Waals surface area contributed by atoms with E-state index in [4.69, 9.17) is 4.52 Å². The molecular formula is C17H22N4O4S2. The number of thiophene rings is 1. The predicted octanol–water partition coefficient (Wildman–Crippen LogP) is 1.58. The lowest BCUT2D eigenvalue weighted by Crippen LogP contribution is -2.50. The Balaban J connectivity index is 1.27. The van der Waals surface area contributed by atoms with Crippen LogP contribution in [0.4, 0.5) is 0 Å². The third-order valence-corrected chi connectivity index (χ3v) is 7.23. The van der Waals surface area contributed by atoms with E-state index in [9.17, 15) is 13.2 Å². The molecule has 8 nitrogen and oxygen atoms in total. The first-order valence-corrected chi connectivity index (χ1v) is 11.8. The van der Waals surface area contributed by atoms with Gasteiger partial charge in [-0.25, -0.2) is 12.7 Å². The summed E-state index contributed by atoms with van der Waals surface area (Å²) in [5.74, 6) is 1.83. The van der Waals surface area contributed by atoms with Crippen molar-refractivity contribution in [3.05, 3.63) is 34.1 Å². The summed E-state index contributed by atoms with van der Waals surface area (Å²) < 4.78 is 30.1. The molecule has 10 heteroatoms. The van der Waals surface area contributed by atoms with E-state index in [-0.39, 0.29) is 11.8 Å². The quantitative estimate of drug-likeness (QED) is 0.743. The molecule has 0 bridgehead atoms. The maximum absolute atomic E-state index is 12.2. The molecule has 0 unspecified atom stereocenters. The van der Waals surface area contributed by atoms with E-state index in [2.05, 4.69) is 10.1 Å². The molecule has 4 heterocycles. The smallest absolute Gasteiger partial charge is 0.254 e. The fourth-order valence-electron chi connectivity index (χ4n) is 3.64. The molecule has 0 aromatic carbocycles. The van der Waals surface area contributed by atoms with Gasteiger partial charge in [-0.1, -0.05) is 5.16 Å². The van der Waals surface area contributed by atoms with E-state index in [1.165, 1.54) is 21.9 Å². The molecule has 2 fully saturated rings. The number of hydrogen-bond donors (Lipinski definition) is 0. The Bertz CT molecular complexity index is 895. The molecule has 0 saturated carbocycles. The average Bonchev–Trinajstić information content (AvgIpc) is 3.28. The fourth-order valence-corrected chi connectivity index (χ4v) is 5.15. The van der Waals surface area contributed by atoms with Crippen molar-refractivity contribution in [3.8, 4) is 0 Å². The van der Waals surface area contributed by atoms with Crippen molar-refractivity contribution >= 4 is 27.3 Å². The average molecular weight is 411 g/mol. The molecule has 0 N–H and O–H groups in total. The van der Waals surface area contributed by atoms with Crippen molar-refractivity contribution in [2.75, 3.05) is 32.4 Å². The van der Waals surface area contributed by atoms with Crippen molar-refractivity contribution in [1.82, 2.24) is 19.3 Å². The van der Waals surface area contributed by atoms with E-state index in [0.717, 1.165) is 5.56 Å². The van der Waals surface area contributed by atoms with Crippen LogP contribution in [-0.2, 0) is 16.4 Å². The van der Waals surface area contributed by atoms with Crippen LogP contribution in [0.3, 0.4) is 0 Å². The topological polar surface area (TPSA) is 96.6 Å². The maximum Gasteiger partial charge on any atom is 0.254 e. The van der Waals surface area contributed by atoms with E-state index in [1.54, 1.807) is 0 Å². The first-order valence-electron chi connectivity index (χ1n) is 8.99. The van der Waals surface area contributed by atoms with E-state index < -0.39 is 10.0 Å². The number of carbonyl (C=O) groups excluding carboxylic acids is 1. The number of likely N-dealkylation sites (tertiary alicyclic amines) is 1. The Labute approximate surface area is 162 Å². The second-order valence-electron chi connectivity index (χ2n) is 7.27. The molecule has 0 atom stereocenters. The highest BCUT2D eigenvalue weighted by atomic mass is 32.2. The molecule has 2 aromatic heterocycles. The monoisotopic (exact) mass is 410 g/mol. The first kappa shape index (κ1) is 18.6. The zero-order valence-electron chi connectivity index (χ0n) is 15.1. The SMILES string of the molecule is CS(=O)(=O)N1CCC(c2noc(CC3CN(C(=O)c4ccsc4)C3)n2)CC1. The predicted molar refractivity (Wildman–Crippen MR) is 100 cm³/mol. The summed E-state index contributed by atoms with van der Waals surface area (Å²) >= 11 is 1.52. The van der Waals surface area contributed by atoms with Gasteiger partial charge in [-0.2, -0.15) is 16.3 Å². The lowest BCUT2D eigenvalue weighted by atomic mass is 9.95. The van der Waals surface area contributed by atoms with Gasteiger partial charge in [0.15, 0.2) is 5.82 Å². The van der Waals surface area contributed by atoms with Crippen molar-refractivity contribution < 1.29 is 17.7 Å². The number of hydrogen-bond acceptors (Lipinski definition) is 7. The van der Waals surface area contributed by atoms with Crippen LogP contribution in [0, 0.1) is 5.92 Å². The third kappa shape index (κ3) is 4.07. The Hall–Kier alpha value is -1.78. The van der Waals surface area contributed by atoms with Gasteiger partial charge >= 0.3 is 0 Å². The molecule has 27 heavy (non-hydrogen) atoms. The minimum absolute atomic E-state index is 0.0800. The Morgan fingerprint density at radius 2 is 2.07 bits per heavy atom. The summed E-state index contributed by atoms with van der Waals surface area (Å²) in [6, 6.07) is 1.85. The molecular weight excluding hydrogens is 388 g/mol. The highest BCUT2D eigenvalue weighted by Crippen LogP contribution is 2.28. The van der Waals surface area contributed by atoms with Crippen LogP contribution < -0.4 is 0 Å². The molecule has 2 aliphatic rings. The highest BCUT2D eigenvalue weighted by Gasteiger charge is 2.33. The van der Waals surface area contributed by atoms with Crippen molar-refractivity contribution in [2.45, 2.75) is 25.2 Å². The van der Waals surface area contributed by atoms with Gasteiger partial charge < -0.3 is 9.42 Å². The number of amides is 1. The number of piperidine rings is 1. The minimum Gasteiger partial charge on any atom is -0.339 e. The molecule has 0 aliphatic carbocycles. The van der Waals surface area contributed by atoms with Crippen LogP contribution in [0.5, 0.6) is 0 Å². The van der Waals surface area contributed by atoms with Crippen LogP contribution in [0.1, 0.15) is 40.8 Å². The molecule has 0 radical (unpaired) electrons. The second-order valence-corrected chi connectivity index (χ2v) is 10.0. The van der Waals surface area contributed by atoms with Gasteiger partial charge in [-0.15, -0.1) is 0 Å². The van der Waals surface area contributed by atoms with Crippen LogP contribution in [0.2, 0.25) is 0 Å². The molecule has 2 aliphatic heterocycles. The zero-order chi connectivity index (χ0) is 19.0. The van der Waals surface area contributed by atoms with Gasteiger partial charge in [0.2, 0.25) is 15.9 Å². The maximum atomic E-state index is 12.2. The zero-order valence-corrected chi connectivity index (χ0v) is 16.7. The minimum atomic E-state index is -3.13. The largest absolute Gasteiger partial charge is 0.339 e. The van der Waals surface area contributed by atoms with Gasteiger partial charge in [-0.3, -0.25) is 4.79 Å². The number of nitrogens with zero attached hydrogens (tertiary/aromatic N) is 4. The first-order chi connectivity index (χ1) is 12.9. The summed E-state index contributed by atoms with van der Waals surface area (Å²) in [5.41, 5.74) is 0.749. The number of rotatable bonds is 5. The standard InChI is InChI=1S/C17H22N4O4S2/c1-27(23,24)21-5-2-13(3-6-21)16-18-15(25-19-16)8-12-9-20(10-12)17(22)14-4-7-26-11-14/h4,7,11-13H,2-3,5-6,8-10H2,1H3. The molecule has 0 spiro atoms. The summed E-state index contributed by atoms with van der Waals surface area (Å²) in [6.45, 7) is 2.41.